The maximum Gasteiger partial charge on any atom is 0.294 e. The van der Waals surface area contributed by atoms with Gasteiger partial charge in [-0.25, -0.2) is 0 Å². The first kappa shape index (κ1) is 26.4. The second kappa shape index (κ2) is 12.0. The van der Waals surface area contributed by atoms with Gasteiger partial charge in [0.15, 0.2) is 0 Å². The first-order chi connectivity index (χ1) is 16.7. The van der Waals surface area contributed by atoms with Gasteiger partial charge in [0.05, 0.1) is 19.1 Å². The molecule has 0 amide bonds. The van der Waals surface area contributed by atoms with Gasteiger partial charge in [0.25, 0.3) is 10.1 Å². The first-order valence-corrected chi connectivity index (χ1v) is 12.9. The smallest absolute Gasteiger partial charge is 0.294 e. The Morgan fingerprint density at radius 3 is 1.57 bits per heavy atom. The number of hydrogen-bond donors (Lipinski definition) is 1. The molecule has 5 nitrogen and oxygen atoms in total. The van der Waals surface area contributed by atoms with Gasteiger partial charge in [-0.1, -0.05) is 66.2 Å². The molecule has 0 bridgehead atoms. The summed E-state index contributed by atoms with van der Waals surface area (Å²) in [6, 6.07) is 31.0. The van der Waals surface area contributed by atoms with Gasteiger partial charge in [-0.15, -0.1) is 9.24 Å². The van der Waals surface area contributed by atoms with Crippen LogP contribution in [-0.4, -0.2) is 27.2 Å². The third-order valence-corrected chi connectivity index (χ3v) is 6.92. The van der Waals surface area contributed by atoms with E-state index < -0.39 is 10.1 Å². The van der Waals surface area contributed by atoms with Crippen LogP contribution in [0.2, 0.25) is 0 Å². The quantitative estimate of drug-likeness (QED) is 0.208. The Hall–Kier alpha value is -3.18. The fourth-order valence-corrected chi connectivity index (χ4v) is 4.48. The van der Waals surface area contributed by atoms with Crippen LogP contribution in [0.1, 0.15) is 28.2 Å². The molecule has 0 aromatic heterocycles. The molecule has 0 aliphatic heterocycles. The molecule has 1 atom stereocenters. The Balaban J connectivity index is 0.000000261. The molecule has 0 aliphatic carbocycles. The second-order valence-corrected chi connectivity index (χ2v) is 9.94. The van der Waals surface area contributed by atoms with Crippen molar-refractivity contribution in [3.63, 3.8) is 0 Å². The summed E-state index contributed by atoms with van der Waals surface area (Å²) in [5.74, 6) is 1.90. The van der Waals surface area contributed by atoms with Crippen LogP contribution >= 0.6 is 9.24 Å². The van der Waals surface area contributed by atoms with Gasteiger partial charge in [0.2, 0.25) is 0 Å². The normalized spacial score (nSPS) is 10.9. The van der Waals surface area contributed by atoms with Gasteiger partial charge in [0.1, 0.15) is 11.5 Å². The highest BCUT2D eigenvalue weighted by atomic mass is 32.2. The van der Waals surface area contributed by atoms with Gasteiger partial charge >= 0.3 is 0 Å². The molecule has 0 saturated heterocycles. The number of rotatable bonds is 6. The highest BCUT2D eigenvalue weighted by molar-refractivity contribution is 7.85. The van der Waals surface area contributed by atoms with Gasteiger partial charge in [-0.3, -0.25) is 4.55 Å². The summed E-state index contributed by atoms with van der Waals surface area (Å²) in [5.41, 5.74) is 4.70. The zero-order chi connectivity index (χ0) is 25.4. The standard InChI is InChI=1S/C21H21O2P.C7H8O3S/c1-22-17-11-7-15(8-12-17)21(19-5-3-4-6-20(19)24)16-9-13-18(23-2)14-10-16;1-6-2-4-7(5-3-6)11(8,9)10/h3-14,21H,24H2,1-2H3;2-5H,1H3,(H,8,9,10). The lowest BCUT2D eigenvalue weighted by molar-refractivity contribution is 0.414. The summed E-state index contributed by atoms with van der Waals surface area (Å²) < 4.78 is 40.1. The number of hydrogen-bond acceptors (Lipinski definition) is 4. The lowest BCUT2D eigenvalue weighted by Crippen LogP contribution is -2.11. The molecule has 0 aliphatic rings. The lowest BCUT2D eigenvalue weighted by atomic mass is 9.85. The minimum Gasteiger partial charge on any atom is -0.497 e. The average Bonchev–Trinajstić information content (AvgIpc) is 2.86. The Labute approximate surface area is 209 Å². The van der Waals surface area contributed by atoms with Gasteiger partial charge < -0.3 is 9.47 Å². The van der Waals surface area contributed by atoms with Crippen LogP contribution in [0.15, 0.2) is 102 Å². The number of benzene rings is 4. The third kappa shape index (κ3) is 7.15. The Bertz CT molecular complexity index is 1290. The minimum atomic E-state index is -4.02. The van der Waals surface area contributed by atoms with Crippen LogP contribution in [-0.2, 0) is 10.1 Å². The molecule has 0 heterocycles. The van der Waals surface area contributed by atoms with Crippen molar-refractivity contribution in [2.75, 3.05) is 14.2 Å². The second-order valence-electron chi connectivity index (χ2n) is 7.90. The Morgan fingerprint density at radius 2 is 1.17 bits per heavy atom. The molecule has 4 rings (SSSR count). The van der Waals surface area contributed by atoms with Crippen LogP contribution < -0.4 is 14.8 Å². The summed E-state index contributed by atoms with van der Waals surface area (Å²) >= 11 is 0. The van der Waals surface area contributed by atoms with Crippen molar-refractivity contribution in [2.45, 2.75) is 17.7 Å². The molecule has 1 N–H and O–H groups in total. The molecule has 4 aromatic carbocycles. The zero-order valence-corrected chi connectivity index (χ0v) is 21.9. The highest BCUT2D eigenvalue weighted by Gasteiger charge is 2.18. The van der Waals surface area contributed by atoms with Crippen LogP contribution in [0.3, 0.4) is 0 Å². The van der Waals surface area contributed by atoms with Gasteiger partial charge in [-0.05, 0) is 65.3 Å². The molecule has 1 unspecified atom stereocenters. The van der Waals surface area contributed by atoms with E-state index in [1.807, 2.05) is 31.2 Å². The number of ether oxygens (including phenoxy) is 2. The van der Waals surface area contributed by atoms with E-state index in [1.54, 1.807) is 26.4 Å². The largest absolute Gasteiger partial charge is 0.497 e. The van der Waals surface area contributed by atoms with Crippen LogP contribution in [0.5, 0.6) is 11.5 Å². The molecule has 0 spiro atoms. The summed E-state index contributed by atoms with van der Waals surface area (Å²) in [7, 11) is 2.20. The van der Waals surface area contributed by atoms with Crippen molar-refractivity contribution < 1.29 is 22.4 Å². The van der Waals surface area contributed by atoms with E-state index in [0.717, 1.165) is 17.1 Å². The van der Waals surface area contributed by atoms with Gasteiger partial charge in [-0.2, -0.15) is 8.42 Å². The number of aryl methyl sites for hydroxylation is 1. The topological polar surface area (TPSA) is 72.8 Å². The Kier molecular flexibility index (Phi) is 9.05. The zero-order valence-electron chi connectivity index (χ0n) is 19.9. The van der Waals surface area contributed by atoms with Crippen LogP contribution in [0.4, 0.5) is 0 Å². The maximum atomic E-state index is 10.5. The SMILES string of the molecule is COc1ccc(C(c2ccc(OC)cc2)c2ccccc2P)cc1.Cc1ccc(S(=O)(=O)O)cc1. The predicted molar refractivity (Wildman–Crippen MR) is 144 cm³/mol. The summed E-state index contributed by atoms with van der Waals surface area (Å²) in [5, 5.41) is 1.20. The minimum absolute atomic E-state index is 0.0666. The van der Waals surface area contributed by atoms with E-state index in [-0.39, 0.29) is 10.8 Å². The molecular weight excluding hydrogens is 479 g/mol. The van der Waals surface area contributed by atoms with Crippen molar-refractivity contribution in [3.8, 4) is 11.5 Å². The molecule has 182 valence electrons. The van der Waals surface area contributed by atoms with E-state index in [0.29, 0.717) is 0 Å². The third-order valence-electron chi connectivity index (χ3n) is 5.52. The average molecular weight is 509 g/mol. The highest BCUT2D eigenvalue weighted by Crippen LogP contribution is 2.33. The van der Waals surface area contributed by atoms with Crippen molar-refractivity contribution >= 4 is 24.7 Å². The first-order valence-electron chi connectivity index (χ1n) is 10.9. The molecular formula is C28H29O5PS. The van der Waals surface area contributed by atoms with Crippen molar-refractivity contribution in [2.24, 2.45) is 0 Å². The summed E-state index contributed by atoms with van der Waals surface area (Å²) in [6.07, 6.45) is 0. The van der Waals surface area contributed by atoms with Crippen molar-refractivity contribution in [3.05, 3.63) is 119 Å². The summed E-state index contributed by atoms with van der Waals surface area (Å²) in [4.78, 5) is -0.0666. The van der Waals surface area contributed by atoms with Gasteiger partial charge in [0, 0.05) is 5.92 Å². The van der Waals surface area contributed by atoms with Crippen LogP contribution in [0, 0.1) is 6.92 Å². The van der Waals surface area contributed by atoms with Crippen molar-refractivity contribution in [1.82, 2.24) is 0 Å². The number of methoxy groups -OCH3 is 2. The molecule has 0 radical (unpaired) electrons. The van der Waals surface area contributed by atoms with E-state index in [2.05, 4.69) is 57.8 Å². The monoisotopic (exact) mass is 508 g/mol. The van der Waals surface area contributed by atoms with E-state index in [4.69, 9.17) is 14.0 Å². The van der Waals surface area contributed by atoms with E-state index in [9.17, 15) is 8.42 Å². The predicted octanol–water partition coefficient (Wildman–Crippen LogP) is 5.63. The lowest BCUT2D eigenvalue weighted by Gasteiger charge is -2.21. The summed E-state index contributed by atoms with van der Waals surface area (Å²) in [6.45, 7) is 1.84. The van der Waals surface area contributed by atoms with Crippen molar-refractivity contribution in [1.29, 1.82) is 0 Å². The molecule has 4 aromatic rings. The van der Waals surface area contributed by atoms with Crippen LogP contribution in [0.25, 0.3) is 0 Å². The maximum absolute atomic E-state index is 10.5. The van der Waals surface area contributed by atoms with E-state index in [1.165, 1.54) is 34.1 Å². The van der Waals surface area contributed by atoms with E-state index >= 15 is 0 Å². The fourth-order valence-electron chi connectivity index (χ4n) is 3.63. The fraction of sp³-hybridized carbons (Fsp3) is 0.143. The Morgan fingerprint density at radius 1 is 0.714 bits per heavy atom. The molecule has 35 heavy (non-hydrogen) atoms. The molecule has 7 heteroatoms. The molecule has 0 fully saturated rings. The molecule has 0 saturated carbocycles.